The summed E-state index contributed by atoms with van der Waals surface area (Å²) in [4.78, 5) is 10.7. The Labute approximate surface area is 111 Å². The van der Waals surface area contributed by atoms with E-state index >= 15 is 0 Å². The van der Waals surface area contributed by atoms with Gasteiger partial charge in [-0.15, -0.1) is 0 Å². The molecule has 0 aliphatic rings. The number of halogens is 6. The molecular formula is C10H15F6NO3. The van der Waals surface area contributed by atoms with Crippen molar-refractivity contribution >= 4 is 5.97 Å². The molecule has 0 fully saturated rings. The molecule has 0 rings (SSSR count). The van der Waals surface area contributed by atoms with Gasteiger partial charge in [0, 0.05) is 6.61 Å². The van der Waals surface area contributed by atoms with Crippen molar-refractivity contribution in [1.82, 2.24) is 5.32 Å². The highest BCUT2D eigenvalue weighted by Gasteiger charge is 2.57. The van der Waals surface area contributed by atoms with Crippen LogP contribution in [0, 0.1) is 0 Å². The molecule has 1 atom stereocenters. The Bertz CT molecular complexity index is 290. The van der Waals surface area contributed by atoms with Crippen molar-refractivity contribution < 1.29 is 41.0 Å². The maximum atomic E-state index is 12.1. The fourth-order valence-corrected chi connectivity index (χ4v) is 1.31. The fourth-order valence-electron chi connectivity index (χ4n) is 1.31. The lowest BCUT2D eigenvalue weighted by Crippen LogP contribution is -2.45. The van der Waals surface area contributed by atoms with Gasteiger partial charge in [0.25, 0.3) is 0 Å². The quantitative estimate of drug-likeness (QED) is 0.676. The van der Waals surface area contributed by atoms with Crippen LogP contribution in [0.1, 0.15) is 19.8 Å². The smallest absolute Gasteiger partial charge is 0.423 e. The topological polar surface area (TPSA) is 58.6 Å². The van der Waals surface area contributed by atoms with Gasteiger partial charge in [-0.3, -0.25) is 4.79 Å². The standard InChI is InChI=1S/C10H15F6NO3/c1-2-4-17-6(7(18)19)3-5-20-8(9(11,12)13)10(14,15)16/h6,8,17H,2-5H2,1H3,(H,18,19). The van der Waals surface area contributed by atoms with Crippen molar-refractivity contribution in [3.63, 3.8) is 0 Å². The van der Waals surface area contributed by atoms with E-state index in [2.05, 4.69) is 10.1 Å². The molecule has 1 unspecified atom stereocenters. The highest BCUT2D eigenvalue weighted by Crippen LogP contribution is 2.35. The molecule has 0 aromatic heterocycles. The third kappa shape index (κ3) is 6.94. The highest BCUT2D eigenvalue weighted by molar-refractivity contribution is 5.73. The average molecular weight is 311 g/mol. The zero-order valence-corrected chi connectivity index (χ0v) is 10.5. The van der Waals surface area contributed by atoms with Crippen LogP contribution >= 0.6 is 0 Å². The van der Waals surface area contributed by atoms with Gasteiger partial charge in [-0.1, -0.05) is 6.92 Å². The Morgan fingerprint density at radius 1 is 1.20 bits per heavy atom. The Hall–Kier alpha value is -1.03. The lowest BCUT2D eigenvalue weighted by atomic mass is 10.2. The summed E-state index contributed by atoms with van der Waals surface area (Å²) in [6.07, 6.45) is -15.0. The second-order valence-electron chi connectivity index (χ2n) is 3.97. The van der Waals surface area contributed by atoms with Crippen LogP contribution in [-0.2, 0) is 9.53 Å². The zero-order chi connectivity index (χ0) is 16.0. The first-order valence-corrected chi connectivity index (χ1v) is 5.71. The zero-order valence-electron chi connectivity index (χ0n) is 10.5. The number of hydrogen-bond acceptors (Lipinski definition) is 3. The predicted molar refractivity (Wildman–Crippen MR) is 56.2 cm³/mol. The maximum Gasteiger partial charge on any atom is 0.423 e. The van der Waals surface area contributed by atoms with E-state index in [0.29, 0.717) is 6.42 Å². The predicted octanol–water partition coefficient (Wildman–Crippen LogP) is 2.34. The summed E-state index contributed by atoms with van der Waals surface area (Å²) >= 11 is 0. The minimum Gasteiger partial charge on any atom is -0.480 e. The monoisotopic (exact) mass is 311 g/mol. The number of aliphatic carboxylic acids is 1. The number of hydrogen-bond donors (Lipinski definition) is 2. The van der Waals surface area contributed by atoms with Crippen LogP contribution in [0.25, 0.3) is 0 Å². The highest BCUT2D eigenvalue weighted by atomic mass is 19.4. The summed E-state index contributed by atoms with van der Waals surface area (Å²) in [5, 5.41) is 11.2. The van der Waals surface area contributed by atoms with Gasteiger partial charge in [0.2, 0.25) is 6.10 Å². The van der Waals surface area contributed by atoms with Crippen molar-refractivity contribution in [1.29, 1.82) is 0 Å². The second kappa shape index (κ2) is 7.67. The third-order valence-electron chi connectivity index (χ3n) is 2.22. The van der Waals surface area contributed by atoms with Crippen LogP contribution in [0.3, 0.4) is 0 Å². The van der Waals surface area contributed by atoms with Crippen LogP contribution in [0.5, 0.6) is 0 Å². The van der Waals surface area contributed by atoms with Crippen LogP contribution in [0.4, 0.5) is 26.3 Å². The van der Waals surface area contributed by atoms with Gasteiger partial charge in [-0.25, -0.2) is 0 Å². The van der Waals surface area contributed by atoms with Gasteiger partial charge in [0.15, 0.2) is 0 Å². The normalized spacial score (nSPS) is 14.6. The van der Waals surface area contributed by atoms with Gasteiger partial charge < -0.3 is 15.2 Å². The molecule has 4 nitrogen and oxygen atoms in total. The molecule has 0 heterocycles. The summed E-state index contributed by atoms with van der Waals surface area (Å²) in [6, 6.07) is -1.25. The minimum absolute atomic E-state index is 0.277. The number of carboxylic acid groups (broad SMARTS) is 1. The number of alkyl halides is 6. The first-order chi connectivity index (χ1) is 9.00. The van der Waals surface area contributed by atoms with E-state index in [1.54, 1.807) is 6.92 Å². The summed E-state index contributed by atoms with van der Waals surface area (Å²) in [5.41, 5.74) is 0. The summed E-state index contributed by atoms with van der Waals surface area (Å²) in [6.45, 7) is 1.03. The number of ether oxygens (including phenoxy) is 1. The summed E-state index contributed by atoms with van der Waals surface area (Å²) in [7, 11) is 0. The molecule has 0 aliphatic heterocycles. The molecule has 0 aliphatic carbocycles. The van der Waals surface area contributed by atoms with E-state index in [4.69, 9.17) is 5.11 Å². The molecule has 20 heavy (non-hydrogen) atoms. The maximum absolute atomic E-state index is 12.1. The van der Waals surface area contributed by atoms with Gasteiger partial charge in [-0.2, -0.15) is 26.3 Å². The largest absolute Gasteiger partial charge is 0.480 e. The molecule has 0 bridgehead atoms. The van der Waals surface area contributed by atoms with Crippen LogP contribution in [-0.4, -0.2) is 48.7 Å². The molecule has 0 saturated carbocycles. The van der Waals surface area contributed by atoms with Crippen molar-refractivity contribution in [3.05, 3.63) is 0 Å². The molecule has 0 spiro atoms. The van der Waals surface area contributed by atoms with E-state index < -0.39 is 43.5 Å². The molecule has 2 N–H and O–H groups in total. The SMILES string of the molecule is CCCNC(CCOC(C(F)(F)F)C(F)(F)F)C(=O)O. The van der Waals surface area contributed by atoms with Gasteiger partial charge >= 0.3 is 18.3 Å². The van der Waals surface area contributed by atoms with E-state index in [0.717, 1.165) is 0 Å². The molecule has 0 saturated heterocycles. The molecule has 0 radical (unpaired) electrons. The molecule has 10 heteroatoms. The number of nitrogens with one attached hydrogen (secondary N) is 1. The number of rotatable bonds is 8. The van der Waals surface area contributed by atoms with E-state index in [1.165, 1.54) is 0 Å². The van der Waals surface area contributed by atoms with Crippen LogP contribution in [0.2, 0.25) is 0 Å². The first-order valence-electron chi connectivity index (χ1n) is 5.71. The third-order valence-corrected chi connectivity index (χ3v) is 2.22. The lowest BCUT2D eigenvalue weighted by Gasteiger charge is -2.23. The van der Waals surface area contributed by atoms with Crippen LogP contribution in [0.15, 0.2) is 0 Å². The van der Waals surface area contributed by atoms with Crippen molar-refractivity contribution in [2.75, 3.05) is 13.2 Å². The van der Waals surface area contributed by atoms with E-state index in [9.17, 15) is 31.1 Å². The minimum atomic E-state index is -5.59. The Kier molecular flexibility index (Phi) is 7.28. The number of carbonyl (C=O) groups is 1. The van der Waals surface area contributed by atoms with Gasteiger partial charge in [0.1, 0.15) is 6.04 Å². The lowest BCUT2D eigenvalue weighted by molar-refractivity contribution is -0.321. The molecule has 0 amide bonds. The van der Waals surface area contributed by atoms with Crippen LogP contribution < -0.4 is 5.32 Å². The van der Waals surface area contributed by atoms with E-state index in [1.807, 2.05) is 0 Å². The van der Waals surface area contributed by atoms with Gasteiger partial charge in [-0.05, 0) is 19.4 Å². The summed E-state index contributed by atoms with van der Waals surface area (Å²) in [5.74, 6) is -1.36. The molecule has 120 valence electrons. The summed E-state index contributed by atoms with van der Waals surface area (Å²) < 4.78 is 76.5. The number of carboxylic acids is 1. The fraction of sp³-hybridized carbons (Fsp3) is 0.900. The average Bonchev–Trinajstić information content (AvgIpc) is 2.23. The van der Waals surface area contributed by atoms with Crippen molar-refractivity contribution in [2.45, 2.75) is 44.3 Å². The van der Waals surface area contributed by atoms with Crippen molar-refractivity contribution in [3.8, 4) is 0 Å². The second-order valence-corrected chi connectivity index (χ2v) is 3.97. The Morgan fingerprint density at radius 3 is 2.05 bits per heavy atom. The van der Waals surface area contributed by atoms with Gasteiger partial charge in [0.05, 0.1) is 0 Å². The van der Waals surface area contributed by atoms with Crippen molar-refractivity contribution in [2.24, 2.45) is 0 Å². The van der Waals surface area contributed by atoms with E-state index in [-0.39, 0.29) is 6.54 Å². The molecule has 0 aromatic carbocycles. The Morgan fingerprint density at radius 2 is 1.70 bits per heavy atom. The molecule has 0 aromatic rings. The molecular weight excluding hydrogens is 296 g/mol. The first kappa shape index (κ1) is 19.0. The Balaban J connectivity index is 4.45.